The lowest BCUT2D eigenvalue weighted by Crippen LogP contribution is -2.35. The molecule has 2 rings (SSSR count). The molecule has 7 nitrogen and oxygen atoms in total. The van der Waals surface area contributed by atoms with Crippen LogP contribution >= 0.6 is 23.1 Å². The van der Waals surface area contributed by atoms with E-state index in [9.17, 15) is 9.59 Å². The molecule has 0 fully saturated rings. The van der Waals surface area contributed by atoms with Crippen LogP contribution in [-0.2, 0) is 16.1 Å². The second-order valence-electron chi connectivity index (χ2n) is 4.45. The Balaban J connectivity index is 1.72. The third-order valence-corrected chi connectivity index (χ3v) is 4.76. The fourth-order valence-corrected chi connectivity index (χ4v) is 3.14. The number of aromatic nitrogens is 2. The van der Waals surface area contributed by atoms with E-state index in [0.717, 1.165) is 5.56 Å². The number of carbonyl (C=O) groups excluding carboxylic acids is 2. The summed E-state index contributed by atoms with van der Waals surface area (Å²) in [5, 5.41) is 16.9. The van der Waals surface area contributed by atoms with Crippen molar-refractivity contribution in [1.29, 1.82) is 0 Å². The van der Waals surface area contributed by atoms with Crippen LogP contribution in [0.25, 0.3) is 0 Å². The molecule has 0 aliphatic carbocycles. The van der Waals surface area contributed by atoms with Gasteiger partial charge in [-0.25, -0.2) is 0 Å². The summed E-state index contributed by atoms with van der Waals surface area (Å²) in [6, 6.07) is 9.99. The second kappa shape index (κ2) is 9.11. The van der Waals surface area contributed by atoms with E-state index in [1.54, 1.807) is 0 Å². The van der Waals surface area contributed by atoms with Crippen LogP contribution in [0.1, 0.15) is 5.56 Å². The molecular weight excluding hydrogens is 334 g/mol. The van der Waals surface area contributed by atoms with Crippen molar-refractivity contribution in [2.24, 2.45) is 0 Å². The maximum atomic E-state index is 11.6. The summed E-state index contributed by atoms with van der Waals surface area (Å²) in [7, 11) is 1.52. The number of nitrogens with zero attached hydrogens (tertiary/aromatic N) is 2. The highest BCUT2D eigenvalue weighted by atomic mass is 32.2. The third kappa shape index (κ3) is 6.25. The van der Waals surface area contributed by atoms with Crippen molar-refractivity contribution in [3.8, 4) is 0 Å². The Hall–Kier alpha value is -2.13. The van der Waals surface area contributed by atoms with Crippen LogP contribution in [0.3, 0.4) is 0 Å². The van der Waals surface area contributed by atoms with Crippen molar-refractivity contribution >= 4 is 40.0 Å². The monoisotopic (exact) mass is 351 g/mol. The van der Waals surface area contributed by atoms with E-state index in [0.29, 0.717) is 16.0 Å². The van der Waals surface area contributed by atoms with Gasteiger partial charge in [-0.15, -0.1) is 10.2 Å². The van der Waals surface area contributed by atoms with Gasteiger partial charge in [-0.2, -0.15) is 0 Å². The van der Waals surface area contributed by atoms with Gasteiger partial charge in [0.1, 0.15) is 0 Å². The van der Waals surface area contributed by atoms with Crippen LogP contribution in [0, 0.1) is 0 Å². The summed E-state index contributed by atoms with van der Waals surface area (Å²) >= 11 is 2.68. The lowest BCUT2D eigenvalue weighted by molar-refractivity contribution is -0.124. The van der Waals surface area contributed by atoms with Crippen molar-refractivity contribution in [3.63, 3.8) is 0 Å². The topological polar surface area (TPSA) is 96.0 Å². The number of likely N-dealkylation sites (N-methyl/N-ethyl adjacent to an activating group) is 1. The highest BCUT2D eigenvalue weighted by Gasteiger charge is 2.09. The van der Waals surface area contributed by atoms with E-state index < -0.39 is 0 Å². The molecule has 1 heterocycles. The van der Waals surface area contributed by atoms with Crippen LogP contribution in [0.2, 0.25) is 0 Å². The van der Waals surface area contributed by atoms with Gasteiger partial charge in [-0.1, -0.05) is 53.4 Å². The van der Waals surface area contributed by atoms with Crippen LogP contribution in [0.4, 0.5) is 5.13 Å². The Kier molecular flexibility index (Phi) is 6.82. The molecule has 2 aromatic rings. The highest BCUT2D eigenvalue weighted by molar-refractivity contribution is 8.01. The van der Waals surface area contributed by atoms with Crippen LogP contribution in [0.5, 0.6) is 0 Å². The smallest absolute Gasteiger partial charge is 0.239 e. The Morgan fingerprint density at radius 1 is 1.17 bits per heavy atom. The molecule has 0 saturated heterocycles. The first-order valence-corrected chi connectivity index (χ1v) is 8.69. The molecule has 23 heavy (non-hydrogen) atoms. The van der Waals surface area contributed by atoms with E-state index in [4.69, 9.17) is 0 Å². The number of hydrogen-bond acceptors (Lipinski definition) is 7. The minimum atomic E-state index is -0.230. The summed E-state index contributed by atoms with van der Waals surface area (Å²) in [6.07, 6.45) is 0. The molecule has 0 bridgehead atoms. The number of thioether (sulfide) groups is 1. The van der Waals surface area contributed by atoms with Crippen LogP contribution < -0.4 is 16.0 Å². The number of hydrogen-bond donors (Lipinski definition) is 3. The minimum Gasteiger partial charge on any atom is -0.358 e. The number of nitrogens with one attached hydrogen (secondary N) is 3. The highest BCUT2D eigenvalue weighted by Crippen LogP contribution is 2.25. The van der Waals surface area contributed by atoms with E-state index in [2.05, 4.69) is 26.1 Å². The van der Waals surface area contributed by atoms with Gasteiger partial charge in [-0.3, -0.25) is 9.59 Å². The molecule has 0 unspecified atom stereocenters. The normalized spacial score (nSPS) is 10.1. The van der Waals surface area contributed by atoms with E-state index in [1.165, 1.54) is 30.1 Å². The fraction of sp³-hybridized carbons (Fsp3) is 0.286. The first-order valence-electron chi connectivity index (χ1n) is 6.88. The Bertz CT molecular complexity index is 648. The number of benzene rings is 1. The Morgan fingerprint density at radius 3 is 2.70 bits per heavy atom. The molecule has 0 aliphatic heterocycles. The molecule has 9 heteroatoms. The van der Waals surface area contributed by atoms with Crippen LogP contribution in [0.15, 0.2) is 34.7 Å². The number of rotatable bonds is 8. The summed E-state index contributed by atoms with van der Waals surface area (Å²) in [5.74, 6) is -0.246. The zero-order valence-electron chi connectivity index (χ0n) is 12.5. The fourth-order valence-electron chi connectivity index (χ4n) is 1.56. The largest absolute Gasteiger partial charge is 0.358 e. The van der Waals surface area contributed by atoms with E-state index in [1.807, 2.05) is 30.3 Å². The quantitative estimate of drug-likeness (QED) is 0.617. The molecule has 0 saturated carbocycles. The average Bonchev–Trinajstić information content (AvgIpc) is 3.05. The van der Waals surface area contributed by atoms with Crippen molar-refractivity contribution in [3.05, 3.63) is 35.9 Å². The standard InChI is InChI=1S/C14H17N5O2S2/c1-15-11(20)8-16-12(21)9-22-14-19-18-13(23-14)17-7-10-5-3-2-4-6-10/h2-6H,7-9H2,1H3,(H,15,20)(H,16,21)(H,17,18). The van der Waals surface area contributed by atoms with Gasteiger partial charge in [0.25, 0.3) is 0 Å². The molecule has 0 aliphatic rings. The molecule has 2 amide bonds. The summed E-state index contributed by atoms with van der Waals surface area (Å²) in [5.41, 5.74) is 1.16. The van der Waals surface area contributed by atoms with Crippen LogP contribution in [-0.4, -0.2) is 41.4 Å². The maximum absolute atomic E-state index is 11.6. The number of anilines is 1. The molecule has 1 aromatic carbocycles. The molecule has 0 radical (unpaired) electrons. The third-order valence-electron chi connectivity index (χ3n) is 2.74. The molecule has 0 atom stereocenters. The van der Waals surface area contributed by atoms with Gasteiger partial charge in [0.15, 0.2) is 4.34 Å². The molecular formula is C14H17N5O2S2. The summed E-state index contributed by atoms with van der Waals surface area (Å²) in [4.78, 5) is 22.6. The van der Waals surface area contributed by atoms with Gasteiger partial charge in [-0.05, 0) is 5.56 Å². The minimum absolute atomic E-state index is 0.0180. The van der Waals surface area contributed by atoms with E-state index in [-0.39, 0.29) is 24.1 Å². The van der Waals surface area contributed by atoms with Crippen molar-refractivity contribution in [1.82, 2.24) is 20.8 Å². The Labute approximate surface area is 142 Å². The predicted octanol–water partition coefficient (Wildman–Crippen LogP) is 1.10. The van der Waals surface area contributed by atoms with Crippen molar-refractivity contribution < 1.29 is 9.59 Å². The van der Waals surface area contributed by atoms with Gasteiger partial charge in [0.05, 0.1) is 12.3 Å². The molecule has 1 aromatic heterocycles. The Morgan fingerprint density at radius 2 is 1.96 bits per heavy atom. The first kappa shape index (κ1) is 17.2. The predicted molar refractivity (Wildman–Crippen MR) is 91.5 cm³/mol. The average molecular weight is 351 g/mol. The number of amides is 2. The van der Waals surface area contributed by atoms with Gasteiger partial charge < -0.3 is 16.0 Å². The van der Waals surface area contributed by atoms with Gasteiger partial charge in [0.2, 0.25) is 16.9 Å². The summed E-state index contributed by atoms with van der Waals surface area (Å²) in [6.45, 7) is 0.655. The molecule has 122 valence electrons. The lowest BCUT2D eigenvalue weighted by atomic mass is 10.2. The van der Waals surface area contributed by atoms with E-state index >= 15 is 0 Å². The SMILES string of the molecule is CNC(=O)CNC(=O)CSc1nnc(NCc2ccccc2)s1. The van der Waals surface area contributed by atoms with Gasteiger partial charge in [0, 0.05) is 13.6 Å². The van der Waals surface area contributed by atoms with Gasteiger partial charge >= 0.3 is 0 Å². The molecule has 0 spiro atoms. The first-order chi connectivity index (χ1) is 11.2. The lowest BCUT2D eigenvalue weighted by Gasteiger charge is -2.02. The maximum Gasteiger partial charge on any atom is 0.239 e. The zero-order chi connectivity index (χ0) is 16.5. The summed E-state index contributed by atoms with van der Waals surface area (Å²) < 4.78 is 0.704. The second-order valence-corrected chi connectivity index (χ2v) is 6.65. The zero-order valence-corrected chi connectivity index (χ0v) is 14.2. The van der Waals surface area contributed by atoms with Crippen molar-refractivity contribution in [2.75, 3.05) is 24.7 Å². The molecule has 3 N–H and O–H groups in total. The van der Waals surface area contributed by atoms with Crippen molar-refractivity contribution in [2.45, 2.75) is 10.9 Å². The number of carbonyl (C=O) groups is 2.